The van der Waals surface area contributed by atoms with Gasteiger partial charge in [-0.1, -0.05) is 159 Å². The molecule has 4 heteroatoms. The van der Waals surface area contributed by atoms with Crippen molar-refractivity contribution < 1.29 is 4.42 Å². The SMILES string of the molecule is Cc1cc2c3c(c1)N(c1ccc(C(C)(C)C)c4c1-c1ccccc1C4(C)C)c1c(oc4ccc(C(C)(C)C)cc14)B3c1cc3c(cc1N2c1ccc2c(c1)C(C)(C)CCC2(C)C)C(C)(C)CCC3(C)C. The topological polar surface area (TPSA) is 19.6 Å². The van der Waals surface area contributed by atoms with Gasteiger partial charge in [0.2, 0.25) is 0 Å². The normalized spacial score (nSPS) is 19.5. The molecule has 0 saturated heterocycles. The van der Waals surface area contributed by atoms with Crippen LogP contribution in [0, 0.1) is 6.92 Å². The van der Waals surface area contributed by atoms with Crippen molar-refractivity contribution in [2.24, 2.45) is 0 Å². The highest BCUT2D eigenvalue weighted by Gasteiger charge is 2.51. The van der Waals surface area contributed by atoms with E-state index in [4.69, 9.17) is 4.42 Å². The second kappa shape index (κ2) is 14.1. The van der Waals surface area contributed by atoms with Crippen LogP contribution in [-0.2, 0) is 37.9 Å². The summed E-state index contributed by atoms with van der Waals surface area (Å²) in [6, 6.07) is 39.0. The smallest absolute Gasteiger partial charge is 0.297 e. The summed E-state index contributed by atoms with van der Waals surface area (Å²) in [6.45, 7) is 41.0. The number of aryl methyl sites for hydroxylation is 1. The molecular weight excluding hydrogens is 848 g/mol. The summed E-state index contributed by atoms with van der Waals surface area (Å²) in [4.78, 5) is 5.36. The molecule has 3 nitrogen and oxygen atoms in total. The molecule has 7 aromatic rings. The van der Waals surface area contributed by atoms with Gasteiger partial charge in [-0.2, -0.15) is 0 Å². The van der Waals surface area contributed by atoms with Crippen molar-refractivity contribution in [3.63, 3.8) is 0 Å². The molecular formula is C66H75BN2O. The fourth-order valence-electron chi connectivity index (χ4n) is 14.1. The fraction of sp³-hybridized carbons (Fsp3) is 0.424. The molecule has 0 atom stereocenters. The van der Waals surface area contributed by atoms with Crippen LogP contribution in [0.3, 0.4) is 0 Å². The Hall–Kier alpha value is -5.48. The van der Waals surface area contributed by atoms with Gasteiger partial charge in [0, 0.05) is 39.1 Å². The van der Waals surface area contributed by atoms with Crippen LogP contribution in [0.15, 0.2) is 101 Å². The van der Waals surface area contributed by atoms with Gasteiger partial charge >= 0.3 is 0 Å². The van der Waals surface area contributed by atoms with Crippen LogP contribution >= 0.6 is 0 Å². The van der Waals surface area contributed by atoms with E-state index in [1.165, 1.54) is 124 Å². The summed E-state index contributed by atoms with van der Waals surface area (Å²) < 4.78 is 7.60. The van der Waals surface area contributed by atoms with E-state index in [9.17, 15) is 0 Å². The molecule has 0 unspecified atom stereocenters. The largest absolute Gasteiger partial charge is 0.468 e. The number of anilines is 6. The predicted molar refractivity (Wildman–Crippen MR) is 301 cm³/mol. The Morgan fingerprint density at radius 1 is 0.529 bits per heavy atom. The van der Waals surface area contributed by atoms with E-state index in [2.05, 4.69) is 225 Å². The molecule has 2 aliphatic heterocycles. The number of nitrogens with zero attached hydrogens (tertiary/aromatic N) is 2. The molecule has 70 heavy (non-hydrogen) atoms. The molecule has 12 rings (SSSR count). The van der Waals surface area contributed by atoms with E-state index in [-0.39, 0.29) is 44.6 Å². The lowest BCUT2D eigenvalue weighted by Gasteiger charge is -2.47. The van der Waals surface area contributed by atoms with E-state index >= 15 is 0 Å². The van der Waals surface area contributed by atoms with Crippen LogP contribution in [0.5, 0.6) is 0 Å². The predicted octanol–water partition coefficient (Wildman–Crippen LogP) is 16.4. The van der Waals surface area contributed by atoms with Crippen LogP contribution in [0.4, 0.5) is 34.1 Å². The van der Waals surface area contributed by atoms with E-state index < -0.39 is 0 Å². The van der Waals surface area contributed by atoms with Gasteiger partial charge in [0.25, 0.3) is 6.71 Å². The zero-order valence-electron chi connectivity index (χ0n) is 45.4. The highest BCUT2D eigenvalue weighted by Crippen LogP contribution is 2.59. The Morgan fingerprint density at radius 2 is 1.13 bits per heavy atom. The number of furan rings is 1. The Labute approximate surface area is 420 Å². The van der Waals surface area contributed by atoms with E-state index in [0.29, 0.717) is 0 Å². The Morgan fingerprint density at radius 3 is 1.77 bits per heavy atom. The first-order valence-corrected chi connectivity index (χ1v) is 26.6. The fourth-order valence-corrected chi connectivity index (χ4v) is 14.1. The summed E-state index contributed by atoms with van der Waals surface area (Å²) in [5, 5.41) is 1.18. The highest BCUT2D eigenvalue weighted by atomic mass is 16.3. The van der Waals surface area contributed by atoms with Crippen molar-refractivity contribution in [3.8, 4) is 11.1 Å². The van der Waals surface area contributed by atoms with Gasteiger partial charge in [0.15, 0.2) is 0 Å². The molecule has 5 aliphatic rings. The van der Waals surface area contributed by atoms with E-state index in [0.717, 1.165) is 24.1 Å². The number of benzene rings is 6. The van der Waals surface area contributed by atoms with Crippen LogP contribution in [0.2, 0.25) is 0 Å². The van der Waals surface area contributed by atoms with Crippen molar-refractivity contribution in [2.75, 3.05) is 9.80 Å². The molecule has 6 aromatic carbocycles. The summed E-state index contributed by atoms with van der Waals surface area (Å²) in [5.74, 6) is 0. The first kappa shape index (κ1) is 45.6. The maximum atomic E-state index is 7.60. The van der Waals surface area contributed by atoms with Crippen molar-refractivity contribution in [2.45, 2.75) is 181 Å². The molecule has 0 fully saturated rings. The lowest BCUT2D eigenvalue weighted by molar-refractivity contribution is 0.332. The number of fused-ring (bicyclic) bond motifs is 11. The number of rotatable bonds is 2. The van der Waals surface area contributed by atoms with Crippen LogP contribution in [0.1, 0.15) is 187 Å². The monoisotopic (exact) mass is 923 g/mol. The maximum Gasteiger partial charge on any atom is 0.297 e. The average Bonchev–Trinajstić information content (AvgIpc) is 3.77. The Balaban J connectivity index is 1.24. The van der Waals surface area contributed by atoms with Gasteiger partial charge < -0.3 is 14.2 Å². The quantitative estimate of drug-likeness (QED) is 0.161. The molecule has 3 heterocycles. The van der Waals surface area contributed by atoms with Crippen LogP contribution < -0.4 is 26.4 Å². The minimum absolute atomic E-state index is 0.0249. The summed E-state index contributed by atoms with van der Waals surface area (Å²) in [7, 11) is 0. The summed E-state index contributed by atoms with van der Waals surface area (Å²) in [5.41, 5.74) is 27.4. The van der Waals surface area contributed by atoms with Gasteiger partial charge in [-0.25, -0.2) is 0 Å². The zero-order chi connectivity index (χ0) is 49.8. The van der Waals surface area contributed by atoms with Gasteiger partial charge in [0.05, 0.1) is 17.0 Å². The molecule has 0 saturated carbocycles. The maximum absolute atomic E-state index is 7.60. The van der Waals surface area contributed by atoms with Crippen molar-refractivity contribution in [1.29, 1.82) is 0 Å². The second-order valence-electron chi connectivity index (χ2n) is 27.6. The molecule has 0 N–H and O–H groups in total. The number of hydrogen-bond acceptors (Lipinski definition) is 3. The first-order chi connectivity index (χ1) is 32.6. The van der Waals surface area contributed by atoms with E-state index in [1.807, 2.05) is 0 Å². The molecule has 0 spiro atoms. The number of hydrogen-bond donors (Lipinski definition) is 0. The van der Waals surface area contributed by atoms with Crippen molar-refractivity contribution >= 4 is 68.4 Å². The lowest BCUT2D eigenvalue weighted by Crippen LogP contribution is -2.61. The van der Waals surface area contributed by atoms with Crippen molar-refractivity contribution in [1.82, 2.24) is 0 Å². The molecule has 1 aromatic heterocycles. The minimum Gasteiger partial charge on any atom is -0.468 e. The van der Waals surface area contributed by atoms with Crippen molar-refractivity contribution in [3.05, 3.63) is 147 Å². The van der Waals surface area contributed by atoms with Crippen LogP contribution in [-0.4, -0.2) is 6.71 Å². The second-order valence-corrected chi connectivity index (χ2v) is 27.6. The lowest BCUT2D eigenvalue weighted by atomic mass is 9.35. The standard InChI is InChI=1S/C66H75BN2O/c1-38-32-52-57-53(33-38)69(50-26-25-45(61(5,6)7)56-55(50)41-20-18-19-21-43(41)66(56,16)17)58-42-34-39(60(2,3)4)22-27-54(42)70-59(58)67(57)49-36-47-48(65(14,15)31-30-64(47,12)13)37-51(49)68(52)40-23-24-44-46(35-40)63(10,11)29-28-62(44,8)9/h18-27,32-37H,28-31H2,1-17H3. The minimum atomic E-state index is -0.195. The van der Waals surface area contributed by atoms with Gasteiger partial charge in [-0.3, -0.25) is 0 Å². The molecule has 0 radical (unpaired) electrons. The van der Waals surface area contributed by atoms with E-state index in [1.54, 1.807) is 0 Å². The Kier molecular flexibility index (Phi) is 9.22. The first-order valence-electron chi connectivity index (χ1n) is 26.6. The molecule has 3 aliphatic carbocycles. The third-order valence-corrected chi connectivity index (χ3v) is 18.5. The Bertz CT molecular complexity index is 3410. The zero-order valence-corrected chi connectivity index (χ0v) is 45.4. The molecule has 0 amide bonds. The van der Waals surface area contributed by atoms with Gasteiger partial charge in [-0.05, 0) is 180 Å². The van der Waals surface area contributed by atoms with Gasteiger partial charge in [0.1, 0.15) is 5.58 Å². The molecule has 358 valence electrons. The molecule has 0 bridgehead atoms. The summed E-state index contributed by atoms with van der Waals surface area (Å²) >= 11 is 0. The summed E-state index contributed by atoms with van der Waals surface area (Å²) in [6.07, 6.45) is 4.68. The van der Waals surface area contributed by atoms with Gasteiger partial charge in [-0.15, -0.1) is 0 Å². The third-order valence-electron chi connectivity index (χ3n) is 18.5. The third kappa shape index (κ3) is 6.25. The highest BCUT2D eigenvalue weighted by molar-refractivity contribution is 7.00. The van der Waals surface area contributed by atoms with Crippen LogP contribution in [0.25, 0.3) is 22.1 Å². The average molecular weight is 923 g/mol.